The molecule has 2 rings (SSSR count). The number of amides is 2. The molecule has 0 radical (unpaired) electrons. The summed E-state index contributed by atoms with van der Waals surface area (Å²) in [5, 5.41) is 5.91. The normalized spacial score (nSPS) is 10.4. The number of carbonyl (C=O) groups is 2. The Bertz CT molecular complexity index is 769. The Kier molecular flexibility index (Phi) is 7.18. The second-order valence-corrected chi connectivity index (χ2v) is 5.85. The fourth-order valence-electron chi connectivity index (χ4n) is 1.98. The number of anilines is 1. The fourth-order valence-corrected chi connectivity index (χ4v) is 2.33. The average molecular weight is 382 g/mol. The number of pyridine rings is 1. The van der Waals surface area contributed by atoms with Gasteiger partial charge in [-0.3, -0.25) is 9.59 Å². The molecule has 6 nitrogen and oxygen atoms in total. The van der Waals surface area contributed by atoms with E-state index in [-0.39, 0.29) is 22.3 Å². The van der Waals surface area contributed by atoms with Crippen molar-refractivity contribution < 1.29 is 14.3 Å². The van der Waals surface area contributed by atoms with Crippen LogP contribution in [0.4, 0.5) is 5.69 Å². The molecule has 25 heavy (non-hydrogen) atoms. The number of hydrogen-bond donors (Lipinski definition) is 2. The smallest absolute Gasteiger partial charge is 0.274 e. The lowest BCUT2D eigenvalue weighted by Gasteiger charge is -2.09. The van der Waals surface area contributed by atoms with Crippen LogP contribution in [0.2, 0.25) is 10.0 Å². The molecule has 1 heterocycles. The van der Waals surface area contributed by atoms with Gasteiger partial charge in [-0.25, -0.2) is 4.98 Å². The van der Waals surface area contributed by atoms with E-state index in [4.69, 9.17) is 27.9 Å². The van der Waals surface area contributed by atoms with Crippen molar-refractivity contribution in [3.05, 3.63) is 57.8 Å². The van der Waals surface area contributed by atoms with E-state index in [2.05, 4.69) is 15.6 Å². The first-order valence-corrected chi connectivity index (χ1v) is 8.28. The molecule has 0 spiro atoms. The van der Waals surface area contributed by atoms with E-state index in [1.807, 2.05) is 0 Å². The van der Waals surface area contributed by atoms with Crippen molar-refractivity contribution in [2.45, 2.75) is 6.42 Å². The minimum absolute atomic E-state index is 0.0978. The summed E-state index contributed by atoms with van der Waals surface area (Å²) in [6.45, 7) is 1.01. The first-order valence-electron chi connectivity index (χ1n) is 7.52. The number of rotatable bonds is 7. The summed E-state index contributed by atoms with van der Waals surface area (Å²) in [4.78, 5) is 28.5. The van der Waals surface area contributed by atoms with Crippen LogP contribution in [0.25, 0.3) is 0 Å². The number of benzene rings is 1. The standard InChI is InChI=1S/C17H17Cl2N3O3/c1-25-10-4-9-20-16(23)13-7-3-8-14(21-13)17(24)22-12-6-2-5-11(18)15(12)19/h2-3,5-8H,4,9-10H2,1H3,(H,20,23)(H,22,24). The highest BCUT2D eigenvalue weighted by Gasteiger charge is 2.14. The van der Waals surface area contributed by atoms with Crippen LogP contribution in [0.3, 0.4) is 0 Å². The third-order valence-corrected chi connectivity index (χ3v) is 4.04. The lowest BCUT2D eigenvalue weighted by molar-refractivity contribution is 0.0943. The van der Waals surface area contributed by atoms with Crippen molar-refractivity contribution >= 4 is 40.7 Å². The van der Waals surface area contributed by atoms with E-state index in [0.717, 1.165) is 0 Å². The first kappa shape index (κ1) is 19.2. The van der Waals surface area contributed by atoms with Gasteiger partial charge in [-0.1, -0.05) is 35.3 Å². The Balaban J connectivity index is 2.06. The molecule has 1 aromatic carbocycles. The molecule has 0 aliphatic heterocycles. The zero-order valence-corrected chi connectivity index (χ0v) is 15.0. The summed E-state index contributed by atoms with van der Waals surface area (Å²) in [6, 6.07) is 9.54. The largest absolute Gasteiger partial charge is 0.385 e. The maximum absolute atomic E-state index is 12.3. The highest BCUT2D eigenvalue weighted by atomic mass is 35.5. The third kappa shape index (κ3) is 5.42. The second kappa shape index (κ2) is 9.36. The van der Waals surface area contributed by atoms with Crippen molar-refractivity contribution in [3.8, 4) is 0 Å². The van der Waals surface area contributed by atoms with Crippen LogP contribution >= 0.6 is 23.2 Å². The lowest BCUT2D eigenvalue weighted by Crippen LogP contribution is -2.27. The van der Waals surface area contributed by atoms with Gasteiger partial charge in [0.1, 0.15) is 11.4 Å². The average Bonchev–Trinajstić information content (AvgIpc) is 2.62. The zero-order valence-electron chi connectivity index (χ0n) is 13.5. The Hall–Kier alpha value is -2.15. The Morgan fingerprint density at radius 3 is 2.48 bits per heavy atom. The van der Waals surface area contributed by atoms with E-state index in [1.165, 1.54) is 12.1 Å². The highest BCUT2D eigenvalue weighted by molar-refractivity contribution is 6.44. The molecule has 0 aliphatic rings. The van der Waals surface area contributed by atoms with Crippen LogP contribution in [-0.4, -0.2) is 37.1 Å². The van der Waals surface area contributed by atoms with Crippen LogP contribution in [-0.2, 0) is 4.74 Å². The van der Waals surface area contributed by atoms with Gasteiger partial charge in [-0.2, -0.15) is 0 Å². The molecule has 0 saturated carbocycles. The number of hydrogen-bond acceptors (Lipinski definition) is 4. The van der Waals surface area contributed by atoms with E-state index >= 15 is 0 Å². The lowest BCUT2D eigenvalue weighted by atomic mass is 10.2. The van der Waals surface area contributed by atoms with E-state index in [1.54, 1.807) is 31.4 Å². The summed E-state index contributed by atoms with van der Waals surface area (Å²) in [7, 11) is 1.59. The number of ether oxygens (including phenoxy) is 1. The summed E-state index contributed by atoms with van der Waals surface area (Å²) in [5.41, 5.74) is 0.623. The van der Waals surface area contributed by atoms with Crippen molar-refractivity contribution in [3.63, 3.8) is 0 Å². The molecule has 0 unspecified atom stereocenters. The number of nitrogens with one attached hydrogen (secondary N) is 2. The maximum Gasteiger partial charge on any atom is 0.274 e. The van der Waals surface area contributed by atoms with Crippen molar-refractivity contribution in [2.24, 2.45) is 0 Å². The molecule has 132 valence electrons. The van der Waals surface area contributed by atoms with Crippen molar-refractivity contribution in [1.82, 2.24) is 10.3 Å². The van der Waals surface area contributed by atoms with Crippen LogP contribution in [0, 0.1) is 0 Å². The summed E-state index contributed by atoms with van der Waals surface area (Å²) < 4.78 is 4.91. The predicted octanol–water partition coefficient (Wildman–Crippen LogP) is 3.41. The van der Waals surface area contributed by atoms with Crippen LogP contribution in [0.1, 0.15) is 27.4 Å². The molecule has 0 aliphatic carbocycles. The summed E-state index contributed by atoms with van der Waals surface area (Å²) >= 11 is 12.0. The number of halogens is 2. The quantitative estimate of drug-likeness (QED) is 0.720. The monoisotopic (exact) mass is 381 g/mol. The molecular formula is C17H17Cl2N3O3. The molecule has 2 N–H and O–H groups in total. The second-order valence-electron chi connectivity index (χ2n) is 5.07. The van der Waals surface area contributed by atoms with E-state index < -0.39 is 5.91 Å². The molecule has 8 heteroatoms. The third-order valence-electron chi connectivity index (χ3n) is 3.22. The molecule has 0 fully saturated rings. The molecule has 0 atom stereocenters. The number of aromatic nitrogens is 1. The Morgan fingerprint density at radius 2 is 1.76 bits per heavy atom. The first-order chi connectivity index (χ1) is 12.0. The van der Waals surface area contributed by atoms with Gasteiger partial charge in [0.2, 0.25) is 0 Å². The molecule has 0 bridgehead atoms. The minimum atomic E-state index is -0.488. The number of nitrogens with zero attached hydrogens (tertiary/aromatic N) is 1. The van der Waals surface area contributed by atoms with Gasteiger partial charge in [-0.15, -0.1) is 0 Å². The van der Waals surface area contributed by atoms with Crippen molar-refractivity contribution in [2.75, 3.05) is 25.6 Å². The fraction of sp³-hybridized carbons (Fsp3) is 0.235. The highest BCUT2D eigenvalue weighted by Crippen LogP contribution is 2.29. The molecule has 1 aromatic heterocycles. The molecular weight excluding hydrogens is 365 g/mol. The zero-order chi connectivity index (χ0) is 18.2. The van der Waals surface area contributed by atoms with Crippen LogP contribution in [0.5, 0.6) is 0 Å². The molecule has 2 aromatic rings. The molecule has 0 saturated heterocycles. The van der Waals surface area contributed by atoms with Gasteiger partial charge >= 0.3 is 0 Å². The Labute approximate surface area is 155 Å². The van der Waals surface area contributed by atoms with Gasteiger partial charge in [0.15, 0.2) is 0 Å². The maximum atomic E-state index is 12.3. The van der Waals surface area contributed by atoms with Crippen molar-refractivity contribution in [1.29, 1.82) is 0 Å². The topological polar surface area (TPSA) is 80.3 Å². The predicted molar refractivity (Wildman–Crippen MR) is 97.5 cm³/mol. The number of methoxy groups -OCH3 is 1. The van der Waals surface area contributed by atoms with Gasteiger partial charge in [0, 0.05) is 20.3 Å². The SMILES string of the molecule is COCCCNC(=O)c1cccc(C(=O)Nc2cccc(Cl)c2Cl)n1. The van der Waals surface area contributed by atoms with Gasteiger partial charge in [0.25, 0.3) is 11.8 Å². The number of carbonyl (C=O) groups excluding carboxylic acids is 2. The van der Waals surface area contributed by atoms with E-state index in [9.17, 15) is 9.59 Å². The van der Waals surface area contributed by atoms with Crippen LogP contribution in [0.15, 0.2) is 36.4 Å². The summed E-state index contributed by atoms with van der Waals surface area (Å²) in [5.74, 6) is -0.843. The van der Waals surface area contributed by atoms with Gasteiger partial charge in [-0.05, 0) is 30.7 Å². The minimum Gasteiger partial charge on any atom is -0.385 e. The Morgan fingerprint density at radius 1 is 1.08 bits per heavy atom. The van der Waals surface area contributed by atoms with Crippen LogP contribution < -0.4 is 10.6 Å². The van der Waals surface area contributed by atoms with E-state index in [0.29, 0.717) is 30.3 Å². The molecule has 2 amide bonds. The summed E-state index contributed by atoms with van der Waals surface area (Å²) in [6.07, 6.45) is 0.690. The van der Waals surface area contributed by atoms with Gasteiger partial charge < -0.3 is 15.4 Å². The van der Waals surface area contributed by atoms with Gasteiger partial charge in [0.05, 0.1) is 15.7 Å².